The molecule has 0 saturated heterocycles. The summed E-state index contributed by atoms with van der Waals surface area (Å²) in [5, 5.41) is 9.81. The van der Waals surface area contributed by atoms with Crippen molar-refractivity contribution in [1.82, 2.24) is 0 Å². The van der Waals surface area contributed by atoms with E-state index in [0.29, 0.717) is 12.2 Å². The van der Waals surface area contributed by atoms with E-state index in [1.165, 1.54) is 11.1 Å². The van der Waals surface area contributed by atoms with Crippen LogP contribution in [0.1, 0.15) is 24.5 Å². The van der Waals surface area contributed by atoms with Crippen molar-refractivity contribution >= 4 is 17.1 Å². The second-order valence-corrected chi connectivity index (χ2v) is 6.49. The van der Waals surface area contributed by atoms with Crippen LogP contribution in [0.4, 0.5) is 17.1 Å². The molecule has 0 aromatic heterocycles. The van der Waals surface area contributed by atoms with Crippen molar-refractivity contribution in [2.45, 2.75) is 33.5 Å². The molecular formula is C23H25NO2. The van der Waals surface area contributed by atoms with Gasteiger partial charge >= 0.3 is 0 Å². The Hall–Kier alpha value is -2.78. The van der Waals surface area contributed by atoms with Crippen LogP contribution in [0, 0.1) is 13.8 Å². The molecule has 0 aliphatic heterocycles. The summed E-state index contributed by atoms with van der Waals surface area (Å²) in [4.78, 5) is 2.20. The van der Waals surface area contributed by atoms with Crippen molar-refractivity contribution in [3.8, 4) is 5.75 Å². The summed E-state index contributed by atoms with van der Waals surface area (Å²) in [5.41, 5.74) is 5.57. The van der Waals surface area contributed by atoms with Crippen LogP contribution >= 0.6 is 0 Å². The average molecular weight is 347 g/mol. The van der Waals surface area contributed by atoms with Crippen LogP contribution in [0.15, 0.2) is 72.8 Å². The Kier molecular flexibility index (Phi) is 5.59. The minimum absolute atomic E-state index is 0.545. The van der Waals surface area contributed by atoms with E-state index in [4.69, 9.17) is 4.74 Å². The van der Waals surface area contributed by atoms with Gasteiger partial charge in [0.15, 0.2) is 6.29 Å². The second kappa shape index (κ2) is 8.07. The van der Waals surface area contributed by atoms with Crippen LogP contribution in [-0.4, -0.2) is 11.4 Å². The Morgan fingerprint density at radius 1 is 0.808 bits per heavy atom. The van der Waals surface area contributed by atoms with Gasteiger partial charge in [-0.05, 0) is 61.4 Å². The molecule has 3 heteroatoms. The van der Waals surface area contributed by atoms with Crippen LogP contribution in [0.3, 0.4) is 0 Å². The summed E-state index contributed by atoms with van der Waals surface area (Å²) in [6, 6.07) is 24.7. The van der Waals surface area contributed by atoms with Gasteiger partial charge in [0, 0.05) is 29.5 Å². The summed E-state index contributed by atoms with van der Waals surface area (Å²) in [6.45, 7) is 6.07. The van der Waals surface area contributed by atoms with Crippen LogP contribution in [0.2, 0.25) is 0 Å². The van der Waals surface area contributed by atoms with Crippen LogP contribution in [0.25, 0.3) is 0 Å². The fourth-order valence-electron chi connectivity index (χ4n) is 2.92. The number of aryl methyl sites for hydroxylation is 2. The van der Waals surface area contributed by atoms with E-state index in [2.05, 4.69) is 73.3 Å². The van der Waals surface area contributed by atoms with Crippen LogP contribution in [0.5, 0.6) is 5.75 Å². The number of benzene rings is 3. The molecule has 0 saturated carbocycles. The van der Waals surface area contributed by atoms with E-state index in [-0.39, 0.29) is 0 Å². The molecular weight excluding hydrogens is 322 g/mol. The molecule has 0 fully saturated rings. The molecule has 3 aromatic carbocycles. The van der Waals surface area contributed by atoms with Gasteiger partial charge in [-0.15, -0.1) is 0 Å². The highest BCUT2D eigenvalue weighted by atomic mass is 16.6. The van der Waals surface area contributed by atoms with Gasteiger partial charge in [-0.3, -0.25) is 0 Å². The molecule has 26 heavy (non-hydrogen) atoms. The van der Waals surface area contributed by atoms with Gasteiger partial charge in [-0.25, -0.2) is 0 Å². The smallest absolute Gasteiger partial charge is 0.197 e. The first kappa shape index (κ1) is 18.0. The third-order valence-corrected chi connectivity index (χ3v) is 4.22. The number of anilines is 3. The molecule has 0 bridgehead atoms. The summed E-state index contributed by atoms with van der Waals surface area (Å²) in [5.74, 6) is 0.655. The van der Waals surface area contributed by atoms with Gasteiger partial charge in [0.25, 0.3) is 0 Å². The van der Waals surface area contributed by atoms with Crippen molar-refractivity contribution in [3.63, 3.8) is 0 Å². The number of ether oxygens (including phenoxy) is 1. The molecule has 0 aliphatic carbocycles. The third-order valence-electron chi connectivity index (χ3n) is 4.22. The predicted molar refractivity (Wildman–Crippen MR) is 108 cm³/mol. The van der Waals surface area contributed by atoms with E-state index < -0.39 is 6.29 Å². The lowest BCUT2D eigenvalue weighted by atomic mass is 10.1. The average Bonchev–Trinajstić information content (AvgIpc) is 2.62. The van der Waals surface area contributed by atoms with Gasteiger partial charge in [0.2, 0.25) is 0 Å². The molecule has 1 N–H and O–H groups in total. The first-order valence-corrected chi connectivity index (χ1v) is 8.95. The zero-order valence-electron chi connectivity index (χ0n) is 15.5. The van der Waals surface area contributed by atoms with Crippen molar-refractivity contribution in [2.24, 2.45) is 0 Å². The summed E-state index contributed by atoms with van der Waals surface area (Å²) >= 11 is 0. The van der Waals surface area contributed by atoms with Gasteiger partial charge in [0.1, 0.15) is 5.75 Å². The highest BCUT2D eigenvalue weighted by Gasteiger charge is 2.14. The first-order valence-electron chi connectivity index (χ1n) is 8.95. The summed E-state index contributed by atoms with van der Waals surface area (Å²) < 4.78 is 5.60. The van der Waals surface area contributed by atoms with Gasteiger partial charge in [-0.1, -0.05) is 37.3 Å². The Bertz CT molecular complexity index is 830. The molecule has 3 aromatic rings. The van der Waals surface area contributed by atoms with Gasteiger partial charge in [-0.2, -0.15) is 0 Å². The normalized spacial score (nSPS) is 11.8. The number of hydrogen-bond acceptors (Lipinski definition) is 3. The molecule has 3 rings (SSSR count). The monoisotopic (exact) mass is 347 g/mol. The lowest BCUT2D eigenvalue weighted by Gasteiger charge is -2.26. The number of rotatable bonds is 6. The highest BCUT2D eigenvalue weighted by molar-refractivity contribution is 5.77. The minimum Gasteiger partial charge on any atom is -0.465 e. The minimum atomic E-state index is -0.795. The lowest BCUT2D eigenvalue weighted by Crippen LogP contribution is -2.14. The standard InChI is InChI=1S/C23H25NO2/c1-4-23(25)26-22-13-7-12-21(16-22)24(19-10-5-8-17(2)14-19)20-11-6-9-18(3)15-20/h5-16,23,25H,4H2,1-3H3. The molecule has 0 aliphatic rings. The molecule has 1 unspecified atom stereocenters. The lowest BCUT2D eigenvalue weighted by molar-refractivity contribution is -0.0190. The maximum absolute atomic E-state index is 9.81. The van der Waals surface area contributed by atoms with Crippen molar-refractivity contribution < 1.29 is 9.84 Å². The van der Waals surface area contributed by atoms with E-state index in [0.717, 1.165) is 17.1 Å². The maximum Gasteiger partial charge on any atom is 0.197 e. The van der Waals surface area contributed by atoms with E-state index >= 15 is 0 Å². The quantitative estimate of drug-likeness (QED) is 0.565. The predicted octanol–water partition coefficient (Wildman–Crippen LogP) is 5.88. The fourth-order valence-corrected chi connectivity index (χ4v) is 2.92. The maximum atomic E-state index is 9.81. The number of nitrogens with zero attached hydrogens (tertiary/aromatic N) is 1. The summed E-state index contributed by atoms with van der Waals surface area (Å²) in [6.07, 6.45) is -0.249. The van der Waals surface area contributed by atoms with Crippen LogP contribution < -0.4 is 9.64 Å². The largest absolute Gasteiger partial charge is 0.465 e. The second-order valence-electron chi connectivity index (χ2n) is 6.49. The number of hydrogen-bond donors (Lipinski definition) is 1. The van der Waals surface area contributed by atoms with Crippen LogP contribution in [-0.2, 0) is 0 Å². The molecule has 0 radical (unpaired) electrons. The Morgan fingerprint density at radius 2 is 1.31 bits per heavy atom. The van der Waals surface area contributed by atoms with E-state index in [9.17, 15) is 5.11 Å². The molecule has 0 heterocycles. The van der Waals surface area contributed by atoms with Crippen molar-refractivity contribution in [3.05, 3.63) is 83.9 Å². The fraction of sp³-hybridized carbons (Fsp3) is 0.217. The first-order chi connectivity index (χ1) is 12.6. The molecule has 134 valence electrons. The van der Waals surface area contributed by atoms with Crippen molar-refractivity contribution in [1.29, 1.82) is 0 Å². The SMILES string of the molecule is CCC(O)Oc1cccc(N(c2cccc(C)c2)c2cccc(C)c2)c1. The topological polar surface area (TPSA) is 32.7 Å². The molecule has 0 amide bonds. The zero-order chi connectivity index (χ0) is 18.5. The third kappa shape index (κ3) is 4.24. The molecule has 1 atom stereocenters. The van der Waals surface area contributed by atoms with E-state index in [1.54, 1.807) is 0 Å². The Balaban J connectivity index is 2.08. The zero-order valence-corrected chi connectivity index (χ0v) is 15.5. The Labute approximate surface area is 155 Å². The van der Waals surface area contributed by atoms with E-state index in [1.807, 2.05) is 25.1 Å². The summed E-state index contributed by atoms with van der Waals surface area (Å²) in [7, 11) is 0. The van der Waals surface area contributed by atoms with Gasteiger partial charge < -0.3 is 14.7 Å². The highest BCUT2D eigenvalue weighted by Crippen LogP contribution is 2.36. The number of aliphatic hydroxyl groups excluding tert-OH is 1. The van der Waals surface area contributed by atoms with Crippen molar-refractivity contribution in [2.75, 3.05) is 4.90 Å². The van der Waals surface area contributed by atoms with Gasteiger partial charge in [0.05, 0.1) is 0 Å². The Morgan fingerprint density at radius 3 is 1.81 bits per heavy atom. The molecule has 3 nitrogen and oxygen atoms in total. The molecule has 0 spiro atoms. The number of aliphatic hydroxyl groups is 1.